The Labute approximate surface area is 188 Å². The standard InChI is InChI=1S/C21H21N3O6S2/c1-13-10-19(23-30-13)24-32(27,28)16-8-6-15(7-9-16)22-20(25)12-29-21(26)18-11-14-4-2-3-5-17(14)31-18/h6-11H,2-5,12H2,1H3,(H,22,25)(H,23,24). The van der Waals surface area contributed by atoms with Gasteiger partial charge < -0.3 is 14.6 Å². The number of amides is 1. The van der Waals surface area contributed by atoms with Crippen LogP contribution in [-0.2, 0) is 32.4 Å². The smallest absolute Gasteiger partial charge is 0.348 e. The van der Waals surface area contributed by atoms with Crippen molar-refractivity contribution in [3.05, 3.63) is 57.5 Å². The Morgan fingerprint density at radius 1 is 1.16 bits per heavy atom. The van der Waals surface area contributed by atoms with Crippen molar-refractivity contribution >= 4 is 44.7 Å². The van der Waals surface area contributed by atoms with E-state index < -0.39 is 28.5 Å². The second-order valence-corrected chi connectivity index (χ2v) is 10.2. The van der Waals surface area contributed by atoms with Crippen molar-refractivity contribution in [3.8, 4) is 0 Å². The molecule has 2 aromatic heterocycles. The fraction of sp³-hybridized carbons (Fsp3) is 0.286. The maximum absolute atomic E-state index is 12.4. The number of anilines is 2. The van der Waals surface area contributed by atoms with E-state index in [0.717, 1.165) is 25.7 Å². The van der Waals surface area contributed by atoms with E-state index in [0.29, 0.717) is 16.3 Å². The molecule has 0 radical (unpaired) electrons. The third-order valence-electron chi connectivity index (χ3n) is 4.85. The second kappa shape index (κ2) is 9.13. The van der Waals surface area contributed by atoms with Gasteiger partial charge in [-0.05, 0) is 68.5 Å². The van der Waals surface area contributed by atoms with E-state index in [-0.39, 0.29) is 10.7 Å². The number of rotatable bonds is 7. The van der Waals surface area contributed by atoms with E-state index in [1.54, 1.807) is 6.92 Å². The predicted molar refractivity (Wildman–Crippen MR) is 118 cm³/mol. The number of carbonyl (C=O) groups is 2. The first-order valence-corrected chi connectivity index (χ1v) is 12.2. The molecule has 0 atom stereocenters. The van der Waals surface area contributed by atoms with Gasteiger partial charge in [-0.3, -0.25) is 9.52 Å². The molecule has 0 spiro atoms. The van der Waals surface area contributed by atoms with Crippen LogP contribution in [-0.4, -0.2) is 32.1 Å². The van der Waals surface area contributed by atoms with E-state index >= 15 is 0 Å². The maximum atomic E-state index is 12.4. The maximum Gasteiger partial charge on any atom is 0.348 e. The quantitative estimate of drug-likeness (QED) is 0.501. The van der Waals surface area contributed by atoms with Crippen LogP contribution in [0.25, 0.3) is 0 Å². The zero-order valence-corrected chi connectivity index (χ0v) is 18.8. The van der Waals surface area contributed by atoms with E-state index in [1.165, 1.54) is 52.1 Å². The highest BCUT2D eigenvalue weighted by molar-refractivity contribution is 7.92. The fourth-order valence-electron chi connectivity index (χ4n) is 3.32. The monoisotopic (exact) mass is 475 g/mol. The lowest BCUT2D eigenvalue weighted by Crippen LogP contribution is -2.20. The first kappa shape index (κ1) is 22.0. The zero-order chi connectivity index (χ0) is 22.7. The molecule has 1 aromatic carbocycles. The van der Waals surface area contributed by atoms with Gasteiger partial charge in [-0.15, -0.1) is 11.3 Å². The lowest BCUT2D eigenvalue weighted by Gasteiger charge is -2.08. The first-order valence-electron chi connectivity index (χ1n) is 9.95. The van der Waals surface area contributed by atoms with Crippen LogP contribution in [0.3, 0.4) is 0 Å². The van der Waals surface area contributed by atoms with Crippen LogP contribution >= 0.6 is 11.3 Å². The van der Waals surface area contributed by atoms with E-state index in [9.17, 15) is 18.0 Å². The molecule has 3 aromatic rings. The summed E-state index contributed by atoms with van der Waals surface area (Å²) >= 11 is 1.43. The summed E-state index contributed by atoms with van der Waals surface area (Å²) in [7, 11) is -3.85. The van der Waals surface area contributed by atoms with Crippen molar-refractivity contribution in [1.82, 2.24) is 5.16 Å². The van der Waals surface area contributed by atoms with Crippen LogP contribution in [0.2, 0.25) is 0 Å². The lowest BCUT2D eigenvalue weighted by molar-refractivity contribution is -0.119. The minimum atomic E-state index is -3.85. The molecule has 2 N–H and O–H groups in total. The molecule has 1 amide bonds. The normalized spacial score (nSPS) is 13.3. The summed E-state index contributed by atoms with van der Waals surface area (Å²) < 4.78 is 37.1. The van der Waals surface area contributed by atoms with Crippen LogP contribution in [0.15, 0.2) is 45.8 Å². The molecule has 0 aliphatic heterocycles. The van der Waals surface area contributed by atoms with Crippen LogP contribution in [0.1, 0.15) is 38.7 Å². The van der Waals surface area contributed by atoms with Gasteiger partial charge in [0.05, 0.1) is 4.90 Å². The Bertz CT molecular complexity index is 1220. The number of ether oxygens (including phenoxy) is 1. The number of aromatic nitrogens is 1. The zero-order valence-electron chi connectivity index (χ0n) is 17.2. The Morgan fingerprint density at radius 2 is 1.91 bits per heavy atom. The Hall–Kier alpha value is -3.18. The first-order chi connectivity index (χ1) is 15.3. The number of hydrogen-bond acceptors (Lipinski definition) is 8. The van der Waals surface area contributed by atoms with Gasteiger partial charge >= 0.3 is 5.97 Å². The molecule has 1 aliphatic carbocycles. The minimum Gasteiger partial charge on any atom is -0.451 e. The highest BCUT2D eigenvalue weighted by atomic mass is 32.2. The number of thiophene rings is 1. The molecule has 0 saturated heterocycles. The highest BCUT2D eigenvalue weighted by Gasteiger charge is 2.19. The third-order valence-corrected chi connectivity index (χ3v) is 7.44. The SMILES string of the molecule is Cc1cc(NS(=O)(=O)c2ccc(NC(=O)COC(=O)c3cc4c(s3)CCCC4)cc2)no1. The van der Waals surface area contributed by atoms with Gasteiger partial charge in [0.2, 0.25) is 0 Å². The average Bonchev–Trinajstić information content (AvgIpc) is 3.38. The van der Waals surface area contributed by atoms with Gasteiger partial charge in [-0.2, -0.15) is 0 Å². The average molecular weight is 476 g/mol. The Balaban J connectivity index is 1.30. The molecule has 0 saturated carbocycles. The van der Waals surface area contributed by atoms with Crippen LogP contribution in [0.5, 0.6) is 0 Å². The van der Waals surface area contributed by atoms with Crippen molar-refractivity contribution in [2.75, 3.05) is 16.6 Å². The van der Waals surface area contributed by atoms with Crippen molar-refractivity contribution in [1.29, 1.82) is 0 Å². The number of carbonyl (C=O) groups excluding carboxylic acids is 2. The van der Waals surface area contributed by atoms with Crippen molar-refractivity contribution in [3.63, 3.8) is 0 Å². The third kappa shape index (κ3) is 5.17. The molecular formula is C21H21N3O6S2. The number of aryl methyl sites for hydroxylation is 3. The fourth-order valence-corrected chi connectivity index (χ4v) is 5.45. The van der Waals surface area contributed by atoms with Crippen molar-refractivity contribution in [2.45, 2.75) is 37.5 Å². The largest absolute Gasteiger partial charge is 0.451 e. The van der Waals surface area contributed by atoms with Gasteiger partial charge in [0, 0.05) is 16.6 Å². The summed E-state index contributed by atoms with van der Waals surface area (Å²) in [4.78, 5) is 26.1. The molecule has 0 bridgehead atoms. The second-order valence-electron chi connectivity index (χ2n) is 7.34. The molecule has 32 heavy (non-hydrogen) atoms. The number of sulfonamides is 1. The molecule has 0 fully saturated rings. The van der Waals surface area contributed by atoms with Crippen LogP contribution < -0.4 is 10.0 Å². The van der Waals surface area contributed by atoms with Gasteiger partial charge in [-0.25, -0.2) is 13.2 Å². The number of nitrogens with zero attached hydrogens (tertiary/aromatic N) is 1. The molecule has 11 heteroatoms. The van der Waals surface area contributed by atoms with Crippen LogP contribution in [0, 0.1) is 6.92 Å². The number of hydrogen-bond donors (Lipinski definition) is 2. The Kier molecular flexibility index (Phi) is 6.28. The summed E-state index contributed by atoms with van der Waals surface area (Å²) in [6.07, 6.45) is 4.20. The Morgan fingerprint density at radius 3 is 2.59 bits per heavy atom. The van der Waals surface area contributed by atoms with Gasteiger partial charge in [0.1, 0.15) is 10.6 Å². The topological polar surface area (TPSA) is 128 Å². The van der Waals surface area contributed by atoms with Gasteiger partial charge in [0.25, 0.3) is 15.9 Å². The molecule has 1 aliphatic rings. The molecule has 168 valence electrons. The molecule has 4 rings (SSSR count). The number of nitrogens with one attached hydrogen (secondary N) is 2. The highest BCUT2D eigenvalue weighted by Crippen LogP contribution is 2.30. The summed E-state index contributed by atoms with van der Waals surface area (Å²) in [6.45, 7) is 1.21. The molecule has 0 unspecified atom stereocenters. The van der Waals surface area contributed by atoms with Crippen LogP contribution in [0.4, 0.5) is 11.5 Å². The summed E-state index contributed by atoms with van der Waals surface area (Å²) in [6, 6.07) is 8.87. The molecular weight excluding hydrogens is 454 g/mol. The summed E-state index contributed by atoms with van der Waals surface area (Å²) in [5, 5.41) is 6.17. The summed E-state index contributed by atoms with van der Waals surface area (Å²) in [5.74, 6) is -0.491. The van der Waals surface area contributed by atoms with E-state index in [2.05, 4.69) is 15.2 Å². The van der Waals surface area contributed by atoms with Gasteiger partial charge in [-0.1, -0.05) is 5.16 Å². The number of esters is 1. The molecule has 9 nitrogen and oxygen atoms in total. The number of fused-ring (bicyclic) bond motifs is 1. The number of benzene rings is 1. The van der Waals surface area contributed by atoms with Crippen molar-refractivity contribution < 1.29 is 27.3 Å². The van der Waals surface area contributed by atoms with Gasteiger partial charge in [0.15, 0.2) is 12.4 Å². The lowest BCUT2D eigenvalue weighted by atomic mass is 9.99. The van der Waals surface area contributed by atoms with E-state index in [4.69, 9.17) is 9.26 Å². The van der Waals surface area contributed by atoms with Crippen molar-refractivity contribution in [2.24, 2.45) is 0 Å². The molecule has 2 heterocycles. The summed E-state index contributed by atoms with van der Waals surface area (Å²) in [5.41, 5.74) is 1.56. The predicted octanol–water partition coefficient (Wildman–Crippen LogP) is 3.52. The minimum absolute atomic E-state index is 0.00996. The van der Waals surface area contributed by atoms with E-state index in [1.807, 2.05) is 6.07 Å².